The number of pyridine rings is 1. The van der Waals surface area contributed by atoms with Crippen LogP contribution in [0.5, 0.6) is 11.5 Å². The van der Waals surface area contributed by atoms with Crippen molar-refractivity contribution in [3.05, 3.63) is 68.7 Å². The largest absolute Gasteiger partial charge is 0.493 e. The van der Waals surface area contributed by atoms with Gasteiger partial charge in [0.25, 0.3) is 0 Å². The van der Waals surface area contributed by atoms with Gasteiger partial charge in [0.2, 0.25) is 5.43 Å². The van der Waals surface area contributed by atoms with Crippen molar-refractivity contribution < 1.29 is 28.9 Å². The van der Waals surface area contributed by atoms with Crippen LogP contribution in [0.3, 0.4) is 0 Å². The SMILES string of the molecule is COc1cc2c(cc1OCc1cc(Cl)ccc1F)c(=O)c(C(=O)O)cn2C(CO)C(C)(C)C. The average molecular weight is 478 g/mol. The highest BCUT2D eigenvalue weighted by atomic mass is 35.5. The number of aliphatic hydroxyl groups is 1. The van der Waals surface area contributed by atoms with E-state index in [9.17, 15) is 24.2 Å². The fourth-order valence-electron chi connectivity index (χ4n) is 3.63. The molecule has 2 N–H and O–H groups in total. The highest BCUT2D eigenvalue weighted by Gasteiger charge is 2.29. The number of benzene rings is 2. The highest BCUT2D eigenvalue weighted by Crippen LogP contribution is 2.37. The quantitative estimate of drug-likeness (QED) is 0.513. The van der Waals surface area contributed by atoms with Crippen molar-refractivity contribution in [2.45, 2.75) is 33.4 Å². The Hall–Kier alpha value is -3.10. The summed E-state index contributed by atoms with van der Waals surface area (Å²) in [6.45, 7) is 5.21. The van der Waals surface area contributed by atoms with E-state index in [-0.39, 0.29) is 35.7 Å². The molecule has 0 fully saturated rings. The first-order chi connectivity index (χ1) is 15.5. The minimum atomic E-state index is -1.39. The lowest BCUT2D eigenvalue weighted by Crippen LogP contribution is -2.30. The molecule has 0 aliphatic carbocycles. The molecule has 2 aromatic carbocycles. The third-order valence-corrected chi connectivity index (χ3v) is 5.68. The van der Waals surface area contributed by atoms with E-state index in [2.05, 4.69) is 0 Å². The third kappa shape index (κ3) is 4.96. The Labute approximate surface area is 194 Å². The van der Waals surface area contributed by atoms with E-state index in [4.69, 9.17) is 21.1 Å². The number of methoxy groups -OCH3 is 1. The number of halogens is 2. The molecule has 3 rings (SSSR count). The molecule has 0 aliphatic rings. The molecule has 0 spiro atoms. The molecule has 3 aromatic rings. The summed E-state index contributed by atoms with van der Waals surface area (Å²) < 4.78 is 26.8. The zero-order chi connectivity index (χ0) is 24.5. The summed E-state index contributed by atoms with van der Waals surface area (Å²) in [7, 11) is 1.41. The van der Waals surface area contributed by atoms with Gasteiger partial charge in [0, 0.05) is 22.8 Å². The van der Waals surface area contributed by atoms with E-state index in [1.165, 1.54) is 37.6 Å². The standard InChI is InChI=1S/C24H25ClFNO6/c1-24(2,3)21(11-28)27-10-16(23(30)31)22(29)15-8-20(19(32-4)9-18(15)27)33-12-13-7-14(25)5-6-17(13)26/h5-10,21,28H,11-12H2,1-4H3,(H,30,31). The normalized spacial score (nSPS) is 12.6. The number of aromatic nitrogens is 1. The van der Waals surface area contributed by atoms with Crippen LogP contribution in [0.15, 0.2) is 41.3 Å². The molecule has 176 valence electrons. The number of rotatable bonds is 7. The molecular weight excluding hydrogens is 453 g/mol. The molecule has 0 bridgehead atoms. The van der Waals surface area contributed by atoms with Crippen LogP contribution in [0.1, 0.15) is 42.7 Å². The second-order valence-electron chi connectivity index (χ2n) is 8.69. The number of aromatic carboxylic acids is 1. The maximum absolute atomic E-state index is 14.1. The Morgan fingerprint density at radius 2 is 1.91 bits per heavy atom. The van der Waals surface area contributed by atoms with E-state index in [0.717, 1.165) is 0 Å². The summed E-state index contributed by atoms with van der Waals surface area (Å²) in [6, 6.07) is 6.45. The van der Waals surface area contributed by atoms with E-state index < -0.39 is 34.2 Å². The molecule has 1 atom stereocenters. The Balaban J connectivity index is 2.22. The van der Waals surface area contributed by atoms with Gasteiger partial charge in [-0.05, 0) is 29.7 Å². The number of hydrogen-bond donors (Lipinski definition) is 2. The Morgan fingerprint density at radius 1 is 1.21 bits per heavy atom. The van der Waals surface area contributed by atoms with Crippen molar-refractivity contribution in [2.75, 3.05) is 13.7 Å². The number of aliphatic hydroxyl groups excluding tert-OH is 1. The van der Waals surface area contributed by atoms with Gasteiger partial charge in [-0.15, -0.1) is 0 Å². The lowest BCUT2D eigenvalue weighted by atomic mass is 9.86. The van der Waals surface area contributed by atoms with Gasteiger partial charge in [0.05, 0.1) is 30.7 Å². The molecule has 0 radical (unpaired) electrons. The predicted molar refractivity (Wildman–Crippen MR) is 123 cm³/mol. The second kappa shape index (κ2) is 9.41. The van der Waals surface area contributed by atoms with Gasteiger partial charge < -0.3 is 24.3 Å². The molecule has 33 heavy (non-hydrogen) atoms. The molecule has 0 saturated carbocycles. The summed E-state index contributed by atoms with van der Waals surface area (Å²) in [5, 5.41) is 20.1. The van der Waals surface area contributed by atoms with Crippen LogP contribution in [0.25, 0.3) is 10.9 Å². The van der Waals surface area contributed by atoms with Gasteiger partial charge in [-0.3, -0.25) is 4.79 Å². The Kier molecular flexibility index (Phi) is 7.00. The van der Waals surface area contributed by atoms with Crippen LogP contribution >= 0.6 is 11.6 Å². The number of nitrogens with zero attached hydrogens (tertiary/aromatic N) is 1. The highest BCUT2D eigenvalue weighted by molar-refractivity contribution is 6.30. The summed E-state index contributed by atoms with van der Waals surface area (Å²) in [5.41, 5.74) is -1.03. The minimum absolute atomic E-state index is 0.0694. The molecule has 0 amide bonds. The van der Waals surface area contributed by atoms with Crippen molar-refractivity contribution in [3.8, 4) is 11.5 Å². The van der Waals surface area contributed by atoms with E-state index in [1.807, 2.05) is 20.8 Å². The van der Waals surface area contributed by atoms with Crippen LogP contribution in [-0.2, 0) is 6.61 Å². The number of carboxylic acids is 1. The van der Waals surface area contributed by atoms with Gasteiger partial charge in [-0.1, -0.05) is 32.4 Å². The number of fused-ring (bicyclic) bond motifs is 1. The van der Waals surface area contributed by atoms with E-state index >= 15 is 0 Å². The Bertz CT molecular complexity index is 1260. The molecule has 1 heterocycles. The zero-order valence-corrected chi connectivity index (χ0v) is 19.4. The van der Waals surface area contributed by atoms with Crippen molar-refractivity contribution >= 4 is 28.5 Å². The summed E-state index contributed by atoms with van der Waals surface area (Å²) >= 11 is 5.93. The molecule has 0 saturated heterocycles. The van der Waals surface area contributed by atoms with Crippen LogP contribution in [-0.4, -0.2) is 34.5 Å². The Morgan fingerprint density at radius 3 is 2.48 bits per heavy atom. The smallest absolute Gasteiger partial charge is 0.341 e. The van der Waals surface area contributed by atoms with E-state index in [0.29, 0.717) is 10.5 Å². The number of ether oxygens (including phenoxy) is 2. The summed E-state index contributed by atoms with van der Waals surface area (Å²) in [5.74, 6) is -1.51. The number of carboxylic acid groups (broad SMARTS) is 1. The molecule has 0 aliphatic heterocycles. The fourth-order valence-corrected chi connectivity index (χ4v) is 3.82. The van der Waals surface area contributed by atoms with Crippen LogP contribution in [0.2, 0.25) is 5.02 Å². The molecule has 1 aromatic heterocycles. The first kappa shape index (κ1) is 24.5. The molecule has 1 unspecified atom stereocenters. The van der Waals surface area contributed by atoms with Gasteiger partial charge in [-0.2, -0.15) is 0 Å². The van der Waals surface area contributed by atoms with Crippen molar-refractivity contribution in [1.82, 2.24) is 4.57 Å². The van der Waals surface area contributed by atoms with Gasteiger partial charge >= 0.3 is 5.97 Å². The second-order valence-corrected chi connectivity index (χ2v) is 9.13. The minimum Gasteiger partial charge on any atom is -0.493 e. The van der Waals surface area contributed by atoms with Gasteiger partial charge in [-0.25, -0.2) is 9.18 Å². The molecule has 9 heteroatoms. The lowest BCUT2D eigenvalue weighted by Gasteiger charge is -2.33. The van der Waals surface area contributed by atoms with Gasteiger partial charge in [0.1, 0.15) is 18.0 Å². The fraction of sp³-hybridized carbons (Fsp3) is 0.333. The topological polar surface area (TPSA) is 98.0 Å². The number of carbonyl (C=O) groups is 1. The first-order valence-corrected chi connectivity index (χ1v) is 10.5. The van der Waals surface area contributed by atoms with E-state index in [1.54, 1.807) is 10.6 Å². The summed E-state index contributed by atoms with van der Waals surface area (Å²) in [4.78, 5) is 24.8. The lowest BCUT2D eigenvalue weighted by molar-refractivity contribution is 0.0692. The molecule has 7 nitrogen and oxygen atoms in total. The maximum Gasteiger partial charge on any atom is 0.341 e. The third-order valence-electron chi connectivity index (χ3n) is 5.45. The summed E-state index contributed by atoms with van der Waals surface area (Å²) in [6.07, 6.45) is 1.24. The monoisotopic (exact) mass is 477 g/mol. The predicted octanol–water partition coefficient (Wildman–Crippen LogP) is 4.66. The van der Waals surface area contributed by atoms with Crippen molar-refractivity contribution in [2.24, 2.45) is 5.41 Å². The van der Waals surface area contributed by atoms with Crippen molar-refractivity contribution in [1.29, 1.82) is 0 Å². The maximum atomic E-state index is 14.1. The van der Waals surface area contributed by atoms with Crippen LogP contribution in [0, 0.1) is 11.2 Å². The average Bonchev–Trinajstić information content (AvgIpc) is 2.74. The van der Waals surface area contributed by atoms with Crippen LogP contribution < -0.4 is 14.9 Å². The van der Waals surface area contributed by atoms with Gasteiger partial charge in [0.15, 0.2) is 11.5 Å². The molecular formula is C24H25ClFNO6. The van der Waals surface area contributed by atoms with Crippen molar-refractivity contribution in [3.63, 3.8) is 0 Å². The zero-order valence-electron chi connectivity index (χ0n) is 18.7. The number of hydrogen-bond acceptors (Lipinski definition) is 5. The first-order valence-electron chi connectivity index (χ1n) is 10.2. The van der Waals surface area contributed by atoms with Crippen LogP contribution in [0.4, 0.5) is 4.39 Å².